The zero-order chi connectivity index (χ0) is 19.8. The number of carbonyl (C=O) groups is 1. The van der Waals surface area contributed by atoms with Crippen molar-refractivity contribution in [2.45, 2.75) is 12.5 Å². The van der Waals surface area contributed by atoms with E-state index >= 15 is 0 Å². The summed E-state index contributed by atoms with van der Waals surface area (Å²) in [5, 5.41) is 6.54. The van der Waals surface area contributed by atoms with E-state index in [9.17, 15) is 4.79 Å². The van der Waals surface area contributed by atoms with E-state index in [1.54, 1.807) is 0 Å². The quantitative estimate of drug-likeness (QED) is 0.717. The van der Waals surface area contributed by atoms with Gasteiger partial charge in [-0.05, 0) is 24.3 Å². The second-order valence-corrected chi connectivity index (χ2v) is 7.61. The van der Waals surface area contributed by atoms with Gasteiger partial charge in [0.15, 0.2) is 0 Å². The number of benzene rings is 2. The molecule has 1 amide bonds. The number of nitrogens with one attached hydrogen (secondary N) is 2. The van der Waals surface area contributed by atoms with Crippen molar-refractivity contribution < 1.29 is 9.53 Å². The number of amides is 1. The summed E-state index contributed by atoms with van der Waals surface area (Å²) in [6.07, 6.45) is 0.766. The molecule has 2 aliphatic heterocycles. The van der Waals surface area contributed by atoms with Crippen LogP contribution in [-0.2, 0) is 7.05 Å². The van der Waals surface area contributed by atoms with Gasteiger partial charge in [-0.15, -0.1) is 0 Å². The Morgan fingerprint density at radius 3 is 2.90 bits per heavy atom. The number of anilines is 1. The van der Waals surface area contributed by atoms with Crippen LogP contribution < -0.4 is 20.3 Å². The highest BCUT2D eigenvalue weighted by molar-refractivity contribution is 5.98. The van der Waals surface area contributed by atoms with Crippen molar-refractivity contribution in [3.63, 3.8) is 0 Å². The zero-order valence-electron chi connectivity index (χ0n) is 16.5. The maximum atomic E-state index is 13.0. The predicted molar refractivity (Wildman–Crippen MR) is 113 cm³/mol. The molecular weight excluding hydrogens is 366 g/mol. The van der Waals surface area contributed by atoms with Crippen LogP contribution in [0.25, 0.3) is 11.0 Å². The fourth-order valence-electron chi connectivity index (χ4n) is 4.21. The van der Waals surface area contributed by atoms with E-state index < -0.39 is 0 Å². The van der Waals surface area contributed by atoms with Gasteiger partial charge in [0.2, 0.25) is 5.95 Å². The van der Waals surface area contributed by atoms with Gasteiger partial charge in [-0.3, -0.25) is 4.79 Å². The minimum atomic E-state index is -0.0806. The molecule has 0 unspecified atom stereocenters. The van der Waals surface area contributed by atoms with Gasteiger partial charge in [0.25, 0.3) is 5.91 Å². The molecule has 3 aromatic rings. The largest absolute Gasteiger partial charge is 0.493 e. The molecule has 1 saturated heterocycles. The van der Waals surface area contributed by atoms with Gasteiger partial charge in [0.1, 0.15) is 5.75 Å². The van der Waals surface area contributed by atoms with Gasteiger partial charge in [0.05, 0.1) is 23.7 Å². The first-order valence-corrected chi connectivity index (χ1v) is 10.2. The molecule has 2 N–H and O–H groups in total. The monoisotopic (exact) mass is 391 g/mol. The lowest BCUT2D eigenvalue weighted by molar-refractivity contribution is 0.0925. The number of aromatic nitrogens is 2. The number of aryl methyl sites for hydroxylation is 1. The fourth-order valence-corrected chi connectivity index (χ4v) is 4.21. The number of fused-ring (bicyclic) bond motifs is 2. The Morgan fingerprint density at radius 1 is 1.21 bits per heavy atom. The van der Waals surface area contributed by atoms with E-state index in [-0.39, 0.29) is 11.9 Å². The molecule has 3 heterocycles. The first kappa shape index (κ1) is 18.0. The summed E-state index contributed by atoms with van der Waals surface area (Å²) < 4.78 is 7.81. The zero-order valence-corrected chi connectivity index (χ0v) is 16.5. The van der Waals surface area contributed by atoms with Crippen molar-refractivity contribution in [3.05, 3.63) is 53.6 Å². The van der Waals surface area contributed by atoms with Gasteiger partial charge >= 0.3 is 0 Å². The number of nitrogens with zero attached hydrogens (tertiary/aromatic N) is 3. The summed E-state index contributed by atoms with van der Waals surface area (Å²) in [5.41, 5.74) is 3.55. The summed E-state index contributed by atoms with van der Waals surface area (Å²) in [7, 11) is 2.03. The van der Waals surface area contributed by atoms with Crippen LogP contribution >= 0.6 is 0 Å². The van der Waals surface area contributed by atoms with Crippen LogP contribution in [0, 0.1) is 0 Å². The Kier molecular flexibility index (Phi) is 4.60. The molecule has 7 heteroatoms. The van der Waals surface area contributed by atoms with Crippen molar-refractivity contribution in [3.8, 4) is 5.75 Å². The van der Waals surface area contributed by atoms with Gasteiger partial charge < -0.3 is 24.8 Å². The highest BCUT2D eigenvalue weighted by Crippen LogP contribution is 2.32. The van der Waals surface area contributed by atoms with E-state index in [4.69, 9.17) is 9.72 Å². The standard InChI is InChI=1S/C22H25N5O2/c1-26-19-7-6-15(14-18(19)25-22(26)27-11-9-23-10-12-27)21(28)24-17-8-13-29-20-5-3-2-4-16(17)20/h2-7,14,17,23H,8-13H2,1H3,(H,24,28)/t17-/m0/s1. The average Bonchev–Trinajstić information content (AvgIpc) is 3.10. The average molecular weight is 391 g/mol. The second kappa shape index (κ2) is 7.40. The normalized spacial score (nSPS) is 18.9. The van der Waals surface area contributed by atoms with Crippen molar-refractivity contribution in [2.24, 2.45) is 7.05 Å². The second-order valence-electron chi connectivity index (χ2n) is 7.61. The van der Waals surface area contributed by atoms with Gasteiger partial charge in [-0.25, -0.2) is 4.98 Å². The van der Waals surface area contributed by atoms with Crippen molar-refractivity contribution in [1.29, 1.82) is 0 Å². The fraction of sp³-hybridized carbons (Fsp3) is 0.364. The number of carbonyl (C=O) groups excluding carboxylic acids is 1. The molecule has 1 aromatic heterocycles. The Balaban J connectivity index is 1.40. The third kappa shape index (κ3) is 3.31. The highest BCUT2D eigenvalue weighted by atomic mass is 16.5. The molecule has 29 heavy (non-hydrogen) atoms. The lowest BCUT2D eigenvalue weighted by Crippen LogP contribution is -2.44. The smallest absolute Gasteiger partial charge is 0.251 e. The van der Waals surface area contributed by atoms with E-state index in [0.29, 0.717) is 12.2 Å². The summed E-state index contributed by atoms with van der Waals surface area (Å²) in [4.78, 5) is 20.1. The summed E-state index contributed by atoms with van der Waals surface area (Å²) in [6.45, 7) is 4.41. The topological polar surface area (TPSA) is 71.4 Å². The Hall–Kier alpha value is -3.06. The summed E-state index contributed by atoms with van der Waals surface area (Å²) in [5.74, 6) is 1.73. The van der Waals surface area contributed by atoms with Crippen molar-refractivity contribution in [2.75, 3.05) is 37.7 Å². The molecule has 0 spiro atoms. The predicted octanol–water partition coefficient (Wildman–Crippen LogP) is 2.24. The summed E-state index contributed by atoms with van der Waals surface area (Å²) in [6, 6.07) is 13.6. The lowest BCUT2D eigenvalue weighted by atomic mass is 10.00. The molecule has 1 atom stereocenters. The first-order valence-electron chi connectivity index (χ1n) is 10.2. The van der Waals surface area contributed by atoms with E-state index in [1.807, 2.05) is 49.5 Å². The Labute approximate surface area is 169 Å². The first-order chi connectivity index (χ1) is 14.2. The lowest BCUT2D eigenvalue weighted by Gasteiger charge is -2.28. The summed E-state index contributed by atoms with van der Waals surface area (Å²) >= 11 is 0. The Bertz CT molecular complexity index is 1050. The van der Waals surface area contributed by atoms with Crippen LogP contribution in [0.4, 0.5) is 5.95 Å². The van der Waals surface area contributed by atoms with Crippen LogP contribution in [0.5, 0.6) is 5.75 Å². The molecule has 2 aliphatic rings. The molecule has 7 nitrogen and oxygen atoms in total. The minimum Gasteiger partial charge on any atom is -0.493 e. The number of ether oxygens (including phenoxy) is 1. The Morgan fingerprint density at radius 2 is 2.03 bits per heavy atom. The molecule has 150 valence electrons. The molecule has 2 aromatic carbocycles. The maximum absolute atomic E-state index is 13.0. The SMILES string of the molecule is Cn1c(N2CCNCC2)nc2cc(C(=O)N[C@H]3CCOc4ccccc43)ccc21. The van der Waals surface area contributed by atoms with Crippen molar-refractivity contribution in [1.82, 2.24) is 20.2 Å². The maximum Gasteiger partial charge on any atom is 0.251 e. The number of para-hydroxylation sites is 1. The number of hydrogen-bond acceptors (Lipinski definition) is 5. The third-order valence-corrected chi connectivity index (χ3v) is 5.78. The van der Waals surface area contributed by atoms with Gasteiger partial charge in [-0.1, -0.05) is 18.2 Å². The molecule has 5 rings (SSSR count). The van der Waals surface area contributed by atoms with Crippen molar-refractivity contribution >= 4 is 22.9 Å². The molecular formula is C22H25N5O2. The van der Waals surface area contributed by atoms with Crippen LogP contribution in [-0.4, -0.2) is 48.2 Å². The van der Waals surface area contributed by atoms with Gasteiger partial charge in [-0.2, -0.15) is 0 Å². The van der Waals surface area contributed by atoms with Crippen LogP contribution in [0.1, 0.15) is 28.4 Å². The highest BCUT2D eigenvalue weighted by Gasteiger charge is 2.24. The number of imidazole rings is 1. The number of hydrogen-bond donors (Lipinski definition) is 2. The van der Waals surface area contributed by atoms with Crippen LogP contribution in [0.3, 0.4) is 0 Å². The van der Waals surface area contributed by atoms with E-state index in [0.717, 1.165) is 60.9 Å². The van der Waals surface area contributed by atoms with Gasteiger partial charge in [0, 0.05) is 50.8 Å². The molecule has 1 fully saturated rings. The molecule has 0 radical (unpaired) electrons. The van der Waals surface area contributed by atoms with E-state index in [1.165, 1.54) is 0 Å². The third-order valence-electron chi connectivity index (χ3n) is 5.78. The molecule has 0 saturated carbocycles. The minimum absolute atomic E-state index is 0.0386. The van der Waals surface area contributed by atoms with E-state index in [2.05, 4.69) is 20.1 Å². The number of piperazine rings is 1. The molecule has 0 bridgehead atoms. The van der Waals surface area contributed by atoms with Crippen LogP contribution in [0.15, 0.2) is 42.5 Å². The number of rotatable bonds is 3. The molecule has 0 aliphatic carbocycles. The van der Waals surface area contributed by atoms with Crippen LogP contribution in [0.2, 0.25) is 0 Å².